The van der Waals surface area contributed by atoms with E-state index in [1.54, 1.807) is 36.4 Å². The maximum atomic E-state index is 12.5. The normalized spacial score (nSPS) is 14.4. The van der Waals surface area contributed by atoms with Crippen molar-refractivity contribution in [1.29, 1.82) is 0 Å². The molecule has 1 aliphatic carbocycles. The van der Waals surface area contributed by atoms with Gasteiger partial charge in [0.2, 0.25) is 0 Å². The van der Waals surface area contributed by atoms with E-state index < -0.39 is 0 Å². The van der Waals surface area contributed by atoms with Crippen molar-refractivity contribution in [2.75, 3.05) is 11.9 Å². The predicted molar refractivity (Wildman–Crippen MR) is 120 cm³/mol. The molecule has 160 valence electrons. The van der Waals surface area contributed by atoms with E-state index in [1.807, 2.05) is 12.1 Å². The second-order valence-corrected chi connectivity index (χ2v) is 8.40. The smallest absolute Gasteiger partial charge is 0.255 e. The standard InChI is InChI=1S/C25H32N2O3/c1-18(2)16-17-30-23-14-10-20(11-15-23)25(29)27-22-12-8-19(9-13-22)24(28)26-21-6-4-3-5-7-21/h8-15,18,21H,3-7,16-17H2,1-2H3,(H,26,28)(H,27,29). The number of anilines is 1. The summed E-state index contributed by atoms with van der Waals surface area (Å²) < 4.78 is 5.69. The van der Waals surface area contributed by atoms with E-state index in [0.29, 0.717) is 29.3 Å². The van der Waals surface area contributed by atoms with Crippen LogP contribution in [-0.4, -0.2) is 24.5 Å². The van der Waals surface area contributed by atoms with E-state index in [-0.39, 0.29) is 17.9 Å². The molecule has 0 aromatic heterocycles. The van der Waals surface area contributed by atoms with Gasteiger partial charge < -0.3 is 15.4 Å². The van der Waals surface area contributed by atoms with Crippen LogP contribution in [0.2, 0.25) is 0 Å². The van der Waals surface area contributed by atoms with Crippen LogP contribution < -0.4 is 15.4 Å². The highest BCUT2D eigenvalue weighted by Crippen LogP contribution is 2.19. The number of carbonyl (C=O) groups is 2. The summed E-state index contributed by atoms with van der Waals surface area (Å²) in [6.45, 7) is 4.99. The van der Waals surface area contributed by atoms with Gasteiger partial charge in [0.1, 0.15) is 5.75 Å². The van der Waals surface area contributed by atoms with E-state index in [9.17, 15) is 9.59 Å². The van der Waals surface area contributed by atoms with Crippen LogP contribution in [0.5, 0.6) is 5.75 Å². The number of benzene rings is 2. The van der Waals surface area contributed by atoms with E-state index in [2.05, 4.69) is 24.5 Å². The molecule has 0 bridgehead atoms. The highest BCUT2D eigenvalue weighted by atomic mass is 16.5. The summed E-state index contributed by atoms with van der Waals surface area (Å²) in [6, 6.07) is 14.4. The fraction of sp³-hybridized carbons (Fsp3) is 0.440. The van der Waals surface area contributed by atoms with Crippen molar-refractivity contribution < 1.29 is 14.3 Å². The predicted octanol–water partition coefficient (Wildman–Crippen LogP) is 5.43. The molecule has 0 radical (unpaired) electrons. The summed E-state index contributed by atoms with van der Waals surface area (Å²) in [4.78, 5) is 24.9. The SMILES string of the molecule is CC(C)CCOc1ccc(C(=O)Nc2ccc(C(=O)NC3CCCCC3)cc2)cc1. The molecule has 2 N–H and O–H groups in total. The van der Waals surface area contributed by atoms with Gasteiger partial charge in [-0.2, -0.15) is 0 Å². The highest BCUT2D eigenvalue weighted by molar-refractivity contribution is 6.04. The molecule has 5 heteroatoms. The second-order valence-electron chi connectivity index (χ2n) is 8.40. The van der Waals surface area contributed by atoms with E-state index >= 15 is 0 Å². The van der Waals surface area contributed by atoms with Gasteiger partial charge in [0.25, 0.3) is 11.8 Å². The first-order valence-corrected chi connectivity index (χ1v) is 11.0. The Hall–Kier alpha value is -2.82. The number of hydrogen-bond donors (Lipinski definition) is 2. The van der Waals surface area contributed by atoms with Crippen LogP contribution in [0.25, 0.3) is 0 Å². The zero-order valence-electron chi connectivity index (χ0n) is 17.9. The molecule has 0 aliphatic heterocycles. The van der Waals surface area contributed by atoms with Gasteiger partial charge in [-0.05, 0) is 73.7 Å². The Bertz CT molecular complexity index is 822. The molecule has 5 nitrogen and oxygen atoms in total. The fourth-order valence-corrected chi connectivity index (χ4v) is 3.54. The fourth-order valence-electron chi connectivity index (χ4n) is 3.54. The monoisotopic (exact) mass is 408 g/mol. The average molecular weight is 409 g/mol. The first-order valence-electron chi connectivity index (χ1n) is 11.0. The molecule has 0 saturated heterocycles. The lowest BCUT2D eigenvalue weighted by Crippen LogP contribution is -2.36. The molecular formula is C25H32N2O3. The van der Waals surface area contributed by atoms with Crippen molar-refractivity contribution in [3.63, 3.8) is 0 Å². The van der Waals surface area contributed by atoms with E-state index in [1.165, 1.54) is 19.3 Å². The topological polar surface area (TPSA) is 67.4 Å². The highest BCUT2D eigenvalue weighted by Gasteiger charge is 2.16. The van der Waals surface area contributed by atoms with E-state index in [4.69, 9.17) is 4.74 Å². The van der Waals surface area contributed by atoms with Gasteiger partial charge in [-0.3, -0.25) is 9.59 Å². The van der Waals surface area contributed by atoms with E-state index in [0.717, 1.165) is 25.0 Å². The minimum absolute atomic E-state index is 0.0483. The number of nitrogens with one attached hydrogen (secondary N) is 2. The molecule has 0 unspecified atom stereocenters. The molecule has 3 rings (SSSR count). The van der Waals surface area contributed by atoms with Crippen LogP contribution >= 0.6 is 0 Å². The Morgan fingerprint density at radius 3 is 2.13 bits per heavy atom. The first kappa shape index (κ1) is 21.9. The Morgan fingerprint density at radius 2 is 1.50 bits per heavy atom. The Morgan fingerprint density at radius 1 is 0.900 bits per heavy atom. The second kappa shape index (κ2) is 10.8. The lowest BCUT2D eigenvalue weighted by atomic mass is 9.95. The number of carbonyl (C=O) groups excluding carboxylic acids is 2. The van der Waals surface area contributed by atoms with Crippen molar-refractivity contribution in [3.8, 4) is 5.75 Å². The lowest BCUT2D eigenvalue weighted by Gasteiger charge is -2.22. The third kappa shape index (κ3) is 6.61. The van der Waals surface area contributed by atoms with Crippen LogP contribution in [0.4, 0.5) is 5.69 Å². The first-order chi connectivity index (χ1) is 14.5. The summed E-state index contributed by atoms with van der Waals surface area (Å²) in [5, 5.41) is 5.98. The van der Waals surface area contributed by atoms with Crippen LogP contribution in [-0.2, 0) is 0 Å². The Labute approximate surface area is 179 Å². The minimum Gasteiger partial charge on any atom is -0.494 e. The van der Waals surface area contributed by atoms with Gasteiger partial charge >= 0.3 is 0 Å². The lowest BCUT2D eigenvalue weighted by molar-refractivity contribution is 0.0927. The van der Waals surface area contributed by atoms with Crippen LogP contribution in [0, 0.1) is 5.92 Å². The summed E-state index contributed by atoms with van der Waals surface area (Å²) in [7, 11) is 0. The summed E-state index contributed by atoms with van der Waals surface area (Å²) in [5.74, 6) is 1.12. The van der Waals surface area contributed by atoms with Gasteiger partial charge in [0, 0.05) is 22.9 Å². The van der Waals surface area contributed by atoms with Gasteiger partial charge in [-0.25, -0.2) is 0 Å². The van der Waals surface area contributed by atoms with Gasteiger partial charge in [-0.1, -0.05) is 33.1 Å². The number of hydrogen-bond acceptors (Lipinski definition) is 3. The average Bonchev–Trinajstić information content (AvgIpc) is 2.75. The third-order valence-electron chi connectivity index (χ3n) is 5.43. The van der Waals surface area contributed by atoms with Crippen molar-refractivity contribution in [2.24, 2.45) is 5.92 Å². The maximum Gasteiger partial charge on any atom is 0.255 e. The molecule has 1 fully saturated rings. The van der Waals surface area contributed by atoms with Gasteiger partial charge in [0.05, 0.1) is 6.61 Å². The summed E-state index contributed by atoms with van der Waals surface area (Å²) >= 11 is 0. The molecule has 0 heterocycles. The van der Waals surface area contributed by atoms with Crippen molar-refractivity contribution in [3.05, 3.63) is 59.7 Å². The third-order valence-corrected chi connectivity index (χ3v) is 5.43. The zero-order chi connectivity index (χ0) is 21.3. The van der Waals surface area contributed by atoms with Gasteiger partial charge in [-0.15, -0.1) is 0 Å². The quantitative estimate of drug-likeness (QED) is 0.612. The Kier molecular flexibility index (Phi) is 7.89. The summed E-state index contributed by atoms with van der Waals surface area (Å²) in [5.41, 5.74) is 1.83. The number of amides is 2. The minimum atomic E-state index is -0.192. The molecule has 1 aliphatic rings. The van der Waals surface area contributed by atoms with Crippen LogP contribution in [0.1, 0.15) is 73.1 Å². The molecule has 1 saturated carbocycles. The van der Waals surface area contributed by atoms with Gasteiger partial charge in [0.15, 0.2) is 0 Å². The number of rotatable bonds is 8. The molecule has 30 heavy (non-hydrogen) atoms. The molecule has 2 aromatic rings. The largest absolute Gasteiger partial charge is 0.494 e. The maximum absolute atomic E-state index is 12.5. The summed E-state index contributed by atoms with van der Waals surface area (Å²) in [6.07, 6.45) is 6.73. The zero-order valence-corrected chi connectivity index (χ0v) is 17.9. The molecular weight excluding hydrogens is 376 g/mol. The number of ether oxygens (including phenoxy) is 1. The molecule has 0 atom stereocenters. The van der Waals surface area contributed by atoms with Crippen LogP contribution in [0.15, 0.2) is 48.5 Å². The Balaban J connectivity index is 1.50. The van der Waals surface area contributed by atoms with Crippen LogP contribution in [0.3, 0.4) is 0 Å². The molecule has 2 amide bonds. The van der Waals surface area contributed by atoms with Crippen molar-refractivity contribution in [2.45, 2.75) is 58.4 Å². The van der Waals surface area contributed by atoms with Crippen molar-refractivity contribution >= 4 is 17.5 Å². The van der Waals surface area contributed by atoms with Crippen molar-refractivity contribution in [1.82, 2.24) is 5.32 Å². The molecule has 2 aromatic carbocycles. The molecule has 0 spiro atoms.